The molecule has 0 saturated carbocycles. The molecule has 0 aliphatic carbocycles. The highest BCUT2D eigenvalue weighted by atomic mass is 16.5. The molecule has 0 unspecified atom stereocenters. The van der Waals surface area contributed by atoms with Crippen molar-refractivity contribution in [2.24, 2.45) is 11.7 Å². The molecule has 1 fully saturated rings. The number of aromatic amines is 1. The van der Waals surface area contributed by atoms with Gasteiger partial charge in [0.05, 0.1) is 18.7 Å². The number of aliphatic hydroxyl groups is 1. The van der Waals surface area contributed by atoms with E-state index in [9.17, 15) is 19.5 Å². The third-order valence-corrected chi connectivity index (χ3v) is 4.26. The zero-order valence-electron chi connectivity index (χ0n) is 14.7. The Hall–Kier alpha value is -1.97. The smallest absolute Gasteiger partial charge is 0.330 e. The van der Waals surface area contributed by atoms with E-state index in [0.29, 0.717) is 12.0 Å². The van der Waals surface area contributed by atoms with Gasteiger partial charge in [-0.2, -0.15) is 0 Å². The van der Waals surface area contributed by atoms with Gasteiger partial charge in [-0.15, -0.1) is 0 Å². The minimum absolute atomic E-state index is 0.282. The fourth-order valence-corrected chi connectivity index (χ4v) is 2.93. The third kappa shape index (κ3) is 4.56. The SMILES string of the molecule is Cc1cn([C@H]2C[C@H](NC(=O)[C@@H](N)CC(C)C)[C@@H](CO)O2)c(=O)[nH]c1=O. The number of aryl methyl sites for hydroxylation is 1. The Morgan fingerprint density at radius 1 is 1.52 bits per heavy atom. The van der Waals surface area contributed by atoms with Crippen LogP contribution in [0, 0.1) is 12.8 Å². The van der Waals surface area contributed by atoms with Gasteiger partial charge in [-0.3, -0.25) is 19.1 Å². The maximum atomic E-state index is 12.2. The summed E-state index contributed by atoms with van der Waals surface area (Å²) in [7, 11) is 0. The van der Waals surface area contributed by atoms with Crippen molar-refractivity contribution in [1.82, 2.24) is 14.9 Å². The number of hydrogen-bond acceptors (Lipinski definition) is 6. The molecule has 0 bridgehead atoms. The number of carbonyl (C=O) groups is 1. The standard InChI is InChI=1S/C16H26N4O5/c1-8(2)4-10(17)15(23)18-11-5-13(25-12(11)7-21)20-6-9(3)14(22)19-16(20)24/h6,8,10-13,21H,4-5,7,17H2,1-3H3,(H,18,23)(H,19,22,24)/t10-,11-,12+,13+/m0/s1. The Bertz CT molecular complexity index is 726. The van der Waals surface area contributed by atoms with Gasteiger partial charge in [0, 0.05) is 18.2 Å². The molecule has 2 heterocycles. The molecule has 1 aromatic rings. The van der Waals surface area contributed by atoms with Crippen LogP contribution in [0.2, 0.25) is 0 Å². The zero-order chi connectivity index (χ0) is 18.7. The molecule has 5 N–H and O–H groups in total. The average Bonchev–Trinajstić information content (AvgIpc) is 2.92. The molecule has 9 heteroatoms. The van der Waals surface area contributed by atoms with Crippen LogP contribution >= 0.6 is 0 Å². The van der Waals surface area contributed by atoms with Gasteiger partial charge in [0.1, 0.15) is 12.3 Å². The summed E-state index contributed by atoms with van der Waals surface area (Å²) < 4.78 is 6.95. The second kappa shape index (κ2) is 7.94. The number of hydrogen-bond donors (Lipinski definition) is 4. The Morgan fingerprint density at radius 3 is 2.80 bits per heavy atom. The molecule has 4 atom stereocenters. The molecule has 2 rings (SSSR count). The van der Waals surface area contributed by atoms with Crippen LogP contribution in [0.3, 0.4) is 0 Å². The van der Waals surface area contributed by atoms with E-state index in [4.69, 9.17) is 10.5 Å². The van der Waals surface area contributed by atoms with Gasteiger partial charge in [-0.05, 0) is 19.3 Å². The number of nitrogens with zero attached hydrogens (tertiary/aromatic N) is 1. The number of H-pyrrole nitrogens is 1. The minimum atomic E-state index is -0.688. The first-order valence-corrected chi connectivity index (χ1v) is 8.37. The van der Waals surface area contributed by atoms with Gasteiger partial charge in [0.15, 0.2) is 0 Å². The van der Waals surface area contributed by atoms with Gasteiger partial charge in [-0.25, -0.2) is 4.79 Å². The van der Waals surface area contributed by atoms with Crippen molar-refractivity contribution in [1.29, 1.82) is 0 Å². The maximum Gasteiger partial charge on any atom is 0.330 e. The van der Waals surface area contributed by atoms with Crippen molar-refractivity contribution in [3.8, 4) is 0 Å². The maximum absolute atomic E-state index is 12.2. The van der Waals surface area contributed by atoms with Crippen LogP contribution in [0.5, 0.6) is 0 Å². The van der Waals surface area contributed by atoms with Gasteiger partial charge in [0.25, 0.3) is 5.56 Å². The van der Waals surface area contributed by atoms with E-state index in [1.165, 1.54) is 10.8 Å². The zero-order valence-corrected chi connectivity index (χ0v) is 14.7. The molecule has 0 aromatic carbocycles. The van der Waals surface area contributed by atoms with Gasteiger partial charge >= 0.3 is 5.69 Å². The fraction of sp³-hybridized carbons (Fsp3) is 0.688. The summed E-state index contributed by atoms with van der Waals surface area (Å²) in [6.45, 7) is 5.22. The summed E-state index contributed by atoms with van der Waals surface area (Å²) >= 11 is 0. The average molecular weight is 354 g/mol. The van der Waals surface area contributed by atoms with Gasteiger partial charge < -0.3 is 20.9 Å². The van der Waals surface area contributed by atoms with E-state index in [1.807, 2.05) is 13.8 Å². The first kappa shape index (κ1) is 19.4. The molecule has 1 saturated heterocycles. The first-order chi connectivity index (χ1) is 11.7. The van der Waals surface area contributed by atoms with E-state index in [0.717, 1.165) is 0 Å². The molecule has 1 aliphatic rings. The summed E-state index contributed by atoms with van der Waals surface area (Å²) in [6.07, 6.45) is 0.905. The molecule has 9 nitrogen and oxygen atoms in total. The lowest BCUT2D eigenvalue weighted by molar-refractivity contribution is -0.124. The predicted molar refractivity (Wildman–Crippen MR) is 91.0 cm³/mol. The van der Waals surface area contributed by atoms with Gasteiger partial charge in [-0.1, -0.05) is 13.8 Å². The van der Waals surface area contributed by atoms with Crippen molar-refractivity contribution in [3.63, 3.8) is 0 Å². The van der Waals surface area contributed by atoms with Crippen LogP contribution in [0.15, 0.2) is 15.8 Å². The Labute approximate surface area is 145 Å². The molecule has 1 amide bonds. The highest BCUT2D eigenvalue weighted by molar-refractivity contribution is 5.81. The number of rotatable bonds is 6. The Morgan fingerprint density at radius 2 is 2.20 bits per heavy atom. The number of amides is 1. The molecule has 1 aliphatic heterocycles. The van der Waals surface area contributed by atoms with E-state index in [-0.39, 0.29) is 24.9 Å². The molecule has 1 aromatic heterocycles. The Balaban J connectivity index is 2.12. The lowest BCUT2D eigenvalue weighted by atomic mass is 10.0. The summed E-state index contributed by atoms with van der Waals surface area (Å²) in [4.78, 5) is 37.9. The number of nitrogens with two attached hydrogens (primary N) is 1. The third-order valence-electron chi connectivity index (χ3n) is 4.26. The van der Waals surface area contributed by atoms with Crippen LogP contribution in [0.1, 0.15) is 38.5 Å². The van der Waals surface area contributed by atoms with Crippen LogP contribution in [0.25, 0.3) is 0 Å². The number of aliphatic hydroxyl groups excluding tert-OH is 1. The molecular weight excluding hydrogens is 328 g/mol. The lowest BCUT2D eigenvalue weighted by Gasteiger charge is -2.20. The molecule has 0 spiro atoms. The fourth-order valence-electron chi connectivity index (χ4n) is 2.93. The van der Waals surface area contributed by atoms with Crippen molar-refractivity contribution in [2.75, 3.05) is 6.61 Å². The van der Waals surface area contributed by atoms with Gasteiger partial charge in [0.2, 0.25) is 5.91 Å². The van der Waals surface area contributed by atoms with Crippen molar-refractivity contribution in [2.45, 2.75) is 58.0 Å². The Kier molecular flexibility index (Phi) is 6.15. The highest BCUT2D eigenvalue weighted by Gasteiger charge is 2.37. The van der Waals surface area contributed by atoms with E-state index in [2.05, 4.69) is 10.3 Å². The van der Waals surface area contributed by atoms with Crippen molar-refractivity contribution in [3.05, 3.63) is 32.6 Å². The molecule has 25 heavy (non-hydrogen) atoms. The predicted octanol–water partition coefficient (Wildman–Crippen LogP) is -1.02. The van der Waals surface area contributed by atoms with E-state index >= 15 is 0 Å². The largest absolute Gasteiger partial charge is 0.394 e. The number of ether oxygens (including phenoxy) is 1. The second-order valence-corrected chi connectivity index (χ2v) is 6.88. The molecule has 0 radical (unpaired) electrons. The van der Waals surface area contributed by atoms with E-state index < -0.39 is 35.7 Å². The van der Waals surface area contributed by atoms with Crippen molar-refractivity contribution < 1.29 is 14.6 Å². The van der Waals surface area contributed by atoms with E-state index in [1.54, 1.807) is 6.92 Å². The number of nitrogens with one attached hydrogen (secondary N) is 2. The van der Waals surface area contributed by atoms with Crippen LogP contribution < -0.4 is 22.3 Å². The van der Waals surface area contributed by atoms with Crippen LogP contribution in [-0.4, -0.2) is 45.4 Å². The number of aromatic nitrogens is 2. The normalized spacial score (nSPS) is 24.5. The summed E-state index contributed by atoms with van der Waals surface area (Å²) in [6, 6.07) is -1.11. The summed E-state index contributed by atoms with van der Waals surface area (Å²) in [5, 5.41) is 12.3. The summed E-state index contributed by atoms with van der Waals surface area (Å²) in [5.41, 5.74) is 5.20. The second-order valence-electron chi connectivity index (χ2n) is 6.88. The van der Waals surface area contributed by atoms with Crippen molar-refractivity contribution >= 4 is 5.91 Å². The number of carbonyl (C=O) groups excluding carboxylic acids is 1. The first-order valence-electron chi connectivity index (χ1n) is 8.37. The van der Waals surface area contributed by atoms with Crippen LogP contribution in [0.4, 0.5) is 0 Å². The minimum Gasteiger partial charge on any atom is -0.394 e. The summed E-state index contributed by atoms with van der Waals surface area (Å²) in [5.74, 6) is -0.0314. The molecule has 140 valence electrons. The highest BCUT2D eigenvalue weighted by Crippen LogP contribution is 2.27. The quantitative estimate of drug-likeness (QED) is 0.516. The monoisotopic (exact) mass is 354 g/mol. The lowest BCUT2D eigenvalue weighted by Crippen LogP contribution is -2.49. The molecular formula is C16H26N4O5. The van der Waals surface area contributed by atoms with Crippen LogP contribution in [-0.2, 0) is 9.53 Å². The topological polar surface area (TPSA) is 139 Å².